The van der Waals surface area contributed by atoms with E-state index < -0.39 is 0 Å². The Morgan fingerprint density at radius 3 is 2.90 bits per heavy atom. The van der Waals surface area contributed by atoms with Crippen molar-refractivity contribution in [1.82, 2.24) is 0 Å². The van der Waals surface area contributed by atoms with E-state index in [4.69, 9.17) is 0 Å². The van der Waals surface area contributed by atoms with Crippen molar-refractivity contribution in [3.63, 3.8) is 0 Å². The molecule has 1 aliphatic rings. The molecular weight excluding hydrogens is 120 g/mol. The first-order valence-corrected chi connectivity index (χ1v) is 3.87. The van der Waals surface area contributed by atoms with E-state index in [1.54, 1.807) is 0 Å². The average molecular weight is 134 g/mol. The van der Waals surface area contributed by atoms with E-state index in [-0.39, 0.29) is 0 Å². The molecule has 0 fully saturated rings. The van der Waals surface area contributed by atoms with Crippen molar-refractivity contribution in [2.24, 2.45) is 0 Å². The van der Waals surface area contributed by atoms with Gasteiger partial charge in [0.1, 0.15) is 0 Å². The van der Waals surface area contributed by atoms with Gasteiger partial charge in [-0.2, -0.15) is 0 Å². The summed E-state index contributed by atoms with van der Waals surface area (Å²) in [7, 11) is 0. The van der Waals surface area contributed by atoms with Crippen LogP contribution >= 0.6 is 0 Å². The van der Waals surface area contributed by atoms with Gasteiger partial charge in [0.15, 0.2) is 0 Å². The largest absolute Gasteiger partial charge is 0.0845 e. The van der Waals surface area contributed by atoms with Gasteiger partial charge in [-0.25, -0.2) is 0 Å². The Hall–Kier alpha value is -0.780. The van der Waals surface area contributed by atoms with E-state index in [1.165, 1.54) is 11.1 Å². The average Bonchev–Trinajstić information content (AvgIpc) is 2.31. The summed E-state index contributed by atoms with van der Waals surface area (Å²) in [6.07, 6.45) is 11.2. The summed E-state index contributed by atoms with van der Waals surface area (Å²) < 4.78 is 0. The number of rotatable bonds is 2. The molecule has 0 atom stereocenters. The van der Waals surface area contributed by atoms with Gasteiger partial charge >= 0.3 is 0 Å². The molecule has 0 aromatic rings. The minimum Gasteiger partial charge on any atom is -0.0845 e. The predicted octanol–water partition coefficient (Wildman–Crippen LogP) is 3.23. The molecule has 0 N–H and O–H groups in total. The van der Waals surface area contributed by atoms with E-state index in [0.29, 0.717) is 0 Å². The van der Waals surface area contributed by atoms with Crippen molar-refractivity contribution in [3.05, 3.63) is 35.5 Å². The van der Waals surface area contributed by atoms with Gasteiger partial charge in [-0.1, -0.05) is 36.8 Å². The summed E-state index contributed by atoms with van der Waals surface area (Å²) in [4.78, 5) is 0. The molecule has 0 radical (unpaired) electrons. The standard InChI is InChI=1S/C10H14/c1-3-4-5-10-7-6-9(2)8-10/h4-6,8H,3,7H2,1-2H3. The maximum atomic E-state index is 2.26. The molecule has 0 nitrogen and oxygen atoms in total. The lowest BCUT2D eigenvalue weighted by atomic mass is 10.2. The van der Waals surface area contributed by atoms with Gasteiger partial charge < -0.3 is 0 Å². The lowest BCUT2D eigenvalue weighted by molar-refractivity contribution is 1.21. The van der Waals surface area contributed by atoms with Crippen LogP contribution in [0.15, 0.2) is 35.5 Å². The highest BCUT2D eigenvalue weighted by molar-refractivity contribution is 5.37. The smallest absolute Gasteiger partial charge is 0.00917 e. The third-order valence-corrected chi connectivity index (χ3v) is 1.64. The lowest BCUT2D eigenvalue weighted by Crippen LogP contribution is -1.67. The first kappa shape index (κ1) is 7.33. The first-order valence-electron chi connectivity index (χ1n) is 3.87. The Morgan fingerprint density at radius 2 is 2.40 bits per heavy atom. The van der Waals surface area contributed by atoms with Crippen molar-refractivity contribution in [2.75, 3.05) is 0 Å². The molecule has 1 aliphatic carbocycles. The third kappa shape index (κ3) is 1.87. The SMILES string of the molecule is CCC=CC1=CC(C)=CC1. The van der Waals surface area contributed by atoms with Gasteiger partial charge in [0.25, 0.3) is 0 Å². The molecule has 54 valence electrons. The van der Waals surface area contributed by atoms with Crippen LogP contribution in [-0.4, -0.2) is 0 Å². The van der Waals surface area contributed by atoms with Crippen LogP contribution in [-0.2, 0) is 0 Å². The lowest BCUT2D eigenvalue weighted by Gasteiger charge is -1.87. The zero-order chi connectivity index (χ0) is 7.40. The molecule has 0 heteroatoms. The monoisotopic (exact) mass is 134 g/mol. The van der Waals surface area contributed by atoms with Gasteiger partial charge in [-0.3, -0.25) is 0 Å². The van der Waals surface area contributed by atoms with Crippen molar-refractivity contribution in [2.45, 2.75) is 26.7 Å². The van der Waals surface area contributed by atoms with Crippen LogP contribution in [0.1, 0.15) is 26.7 Å². The molecular formula is C10H14. The second-order valence-electron chi connectivity index (χ2n) is 2.68. The minimum absolute atomic E-state index is 1.13. The summed E-state index contributed by atoms with van der Waals surface area (Å²) in [6, 6.07) is 0. The van der Waals surface area contributed by atoms with Crippen molar-refractivity contribution in [3.8, 4) is 0 Å². The highest BCUT2D eigenvalue weighted by Crippen LogP contribution is 2.17. The van der Waals surface area contributed by atoms with E-state index in [0.717, 1.165) is 12.8 Å². The number of hydrogen-bond donors (Lipinski definition) is 0. The molecule has 0 unspecified atom stereocenters. The second kappa shape index (κ2) is 3.40. The van der Waals surface area contributed by atoms with Gasteiger partial charge in [0, 0.05) is 0 Å². The normalized spacial score (nSPS) is 17.8. The molecule has 1 rings (SSSR count). The number of hydrogen-bond acceptors (Lipinski definition) is 0. The van der Waals surface area contributed by atoms with Crippen molar-refractivity contribution < 1.29 is 0 Å². The second-order valence-corrected chi connectivity index (χ2v) is 2.68. The predicted molar refractivity (Wildman–Crippen MR) is 45.9 cm³/mol. The minimum atomic E-state index is 1.13. The molecule has 0 aliphatic heterocycles. The Morgan fingerprint density at radius 1 is 1.60 bits per heavy atom. The van der Waals surface area contributed by atoms with E-state index in [9.17, 15) is 0 Å². The quantitative estimate of drug-likeness (QED) is 0.544. The Balaban J connectivity index is 2.48. The van der Waals surface area contributed by atoms with Crippen molar-refractivity contribution >= 4 is 0 Å². The van der Waals surface area contributed by atoms with Crippen LogP contribution in [0, 0.1) is 0 Å². The third-order valence-electron chi connectivity index (χ3n) is 1.64. The van der Waals surface area contributed by atoms with E-state index in [2.05, 4.69) is 38.2 Å². The van der Waals surface area contributed by atoms with E-state index in [1.807, 2.05) is 0 Å². The summed E-state index contributed by atoms with van der Waals surface area (Å²) in [6.45, 7) is 4.30. The van der Waals surface area contributed by atoms with Crippen LogP contribution in [0.2, 0.25) is 0 Å². The molecule has 10 heavy (non-hydrogen) atoms. The molecule has 0 amide bonds. The number of allylic oxidation sites excluding steroid dienone is 6. The zero-order valence-electron chi connectivity index (χ0n) is 6.72. The Labute approximate surface area is 62.9 Å². The molecule has 0 spiro atoms. The molecule has 0 saturated carbocycles. The van der Waals surface area contributed by atoms with Crippen LogP contribution in [0.5, 0.6) is 0 Å². The van der Waals surface area contributed by atoms with Gasteiger partial charge in [-0.15, -0.1) is 0 Å². The van der Waals surface area contributed by atoms with Crippen LogP contribution in [0.25, 0.3) is 0 Å². The molecule has 0 heterocycles. The molecule has 0 aromatic carbocycles. The summed E-state index contributed by atoms with van der Waals surface area (Å²) in [5.74, 6) is 0. The molecule has 0 aromatic heterocycles. The highest BCUT2D eigenvalue weighted by Gasteiger charge is 1.97. The van der Waals surface area contributed by atoms with Crippen LogP contribution in [0.4, 0.5) is 0 Å². The fourth-order valence-corrected chi connectivity index (χ4v) is 1.07. The maximum absolute atomic E-state index is 2.26. The zero-order valence-corrected chi connectivity index (χ0v) is 6.72. The topological polar surface area (TPSA) is 0 Å². The van der Waals surface area contributed by atoms with Crippen LogP contribution < -0.4 is 0 Å². The van der Waals surface area contributed by atoms with Gasteiger partial charge in [-0.05, 0) is 25.3 Å². The Bertz CT molecular complexity index is 192. The summed E-state index contributed by atoms with van der Waals surface area (Å²) in [5.41, 5.74) is 2.84. The summed E-state index contributed by atoms with van der Waals surface area (Å²) in [5, 5.41) is 0. The van der Waals surface area contributed by atoms with E-state index >= 15 is 0 Å². The fraction of sp³-hybridized carbons (Fsp3) is 0.400. The van der Waals surface area contributed by atoms with Gasteiger partial charge in [0.2, 0.25) is 0 Å². The first-order chi connectivity index (χ1) is 4.83. The fourth-order valence-electron chi connectivity index (χ4n) is 1.07. The summed E-state index contributed by atoms with van der Waals surface area (Å²) >= 11 is 0. The van der Waals surface area contributed by atoms with Gasteiger partial charge in [0.05, 0.1) is 0 Å². The molecule has 0 saturated heterocycles. The highest BCUT2D eigenvalue weighted by atomic mass is 14.0. The maximum Gasteiger partial charge on any atom is -0.00917 e. The Kier molecular flexibility index (Phi) is 2.49. The van der Waals surface area contributed by atoms with Crippen molar-refractivity contribution in [1.29, 1.82) is 0 Å². The molecule has 0 bridgehead atoms. The van der Waals surface area contributed by atoms with Crippen LogP contribution in [0.3, 0.4) is 0 Å².